The molecule has 9 heteroatoms. The van der Waals surface area contributed by atoms with Crippen molar-refractivity contribution in [2.75, 3.05) is 34.4 Å². The molecule has 8 nitrogen and oxygen atoms in total. The van der Waals surface area contributed by atoms with Gasteiger partial charge in [-0.2, -0.15) is 0 Å². The Hall–Kier alpha value is -2.04. The van der Waals surface area contributed by atoms with Crippen molar-refractivity contribution in [3.8, 4) is 5.75 Å². The van der Waals surface area contributed by atoms with Crippen LogP contribution in [-0.2, 0) is 20.9 Å². The molecular formula is C22H35IN4O4. The molecular weight excluding hydrogens is 511 g/mol. The maximum Gasteiger partial charge on any atom is 0.308 e. The summed E-state index contributed by atoms with van der Waals surface area (Å²) in [6.07, 6.45) is 3.29. The Kier molecular flexibility index (Phi) is 12.3. The summed E-state index contributed by atoms with van der Waals surface area (Å²) in [5, 5.41) is 6.55. The van der Waals surface area contributed by atoms with E-state index >= 15 is 0 Å². The molecule has 1 fully saturated rings. The fourth-order valence-corrected chi connectivity index (χ4v) is 3.30. The Balaban J connectivity index is 0.00000480. The molecule has 2 rings (SSSR count). The van der Waals surface area contributed by atoms with E-state index in [1.165, 1.54) is 0 Å². The lowest BCUT2D eigenvalue weighted by molar-refractivity contribution is -0.149. The molecule has 0 radical (unpaired) electrons. The molecule has 0 heterocycles. The van der Waals surface area contributed by atoms with Crippen molar-refractivity contribution in [3.63, 3.8) is 0 Å². The van der Waals surface area contributed by atoms with E-state index in [-0.39, 0.29) is 54.4 Å². The number of ether oxygens (including phenoxy) is 2. The number of halogens is 1. The van der Waals surface area contributed by atoms with Crippen molar-refractivity contribution in [1.29, 1.82) is 0 Å². The minimum atomic E-state index is -0.0981. The zero-order chi connectivity index (χ0) is 21.9. The number of methoxy groups -OCH3 is 1. The van der Waals surface area contributed by atoms with Crippen molar-refractivity contribution in [2.45, 2.75) is 45.2 Å². The van der Waals surface area contributed by atoms with Gasteiger partial charge in [-0.15, -0.1) is 24.0 Å². The SMILES string of the molecule is CCOC(=O)C1CCC(NC(=NCc2ccc(OC)cc2)NCC(=O)N(C)C)CC1.I. The Morgan fingerprint density at radius 3 is 2.32 bits per heavy atom. The van der Waals surface area contributed by atoms with Crippen LogP contribution < -0.4 is 15.4 Å². The number of likely N-dealkylation sites (N-methyl/N-ethyl adjacent to an activating group) is 1. The van der Waals surface area contributed by atoms with E-state index < -0.39 is 0 Å². The third-order valence-corrected chi connectivity index (χ3v) is 5.17. The molecule has 0 spiro atoms. The summed E-state index contributed by atoms with van der Waals surface area (Å²) in [6.45, 7) is 2.90. The van der Waals surface area contributed by atoms with Gasteiger partial charge in [0.15, 0.2) is 5.96 Å². The average Bonchev–Trinajstić information content (AvgIpc) is 2.76. The molecule has 0 saturated heterocycles. The first-order valence-electron chi connectivity index (χ1n) is 10.5. The number of amides is 1. The first-order chi connectivity index (χ1) is 14.4. The smallest absolute Gasteiger partial charge is 0.308 e. The number of guanidine groups is 1. The Bertz CT molecular complexity index is 717. The quantitative estimate of drug-likeness (QED) is 0.226. The predicted octanol–water partition coefficient (Wildman–Crippen LogP) is 2.56. The number of nitrogens with zero attached hydrogens (tertiary/aromatic N) is 2. The summed E-state index contributed by atoms with van der Waals surface area (Å²) in [6, 6.07) is 7.94. The third-order valence-electron chi connectivity index (χ3n) is 5.17. The molecule has 0 atom stereocenters. The van der Waals surface area contributed by atoms with E-state index in [1.54, 1.807) is 26.1 Å². The molecule has 174 valence electrons. The lowest BCUT2D eigenvalue weighted by Gasteiger charge is -2.29. The highest BCUT2D eigenvalue weighted by Gasteiger charge is 2.27. The first-order valence-corrected chi connectivity index (χ1v) is 10.5. The molecule has 1 aliphatic carbocycles. The molecule has 1 saturated carbocycles. The molecule has 1 aliphatic rings. The van der Waals surface area contributed by atoms with Gasteiger partial charge in [-0.1, -0.05) is 12.1 Å². The third kappa shape index (κ3) is 9.32. The number of carbonyl (C=O) groups is 2. The largest absolute Gasteiger partial charge is 0.497 e. The van der Waals surface area contributed by atoms with Crippen molar-refractivity contribution in [2.24, 2.45) is 10.9 Å². The standard InChI is InChI=1S/C22H34N4O4.HI/c1-5-30-21(28)17-8-10-18(11-9-17)25-22(24-15-20(27)26(2)3)23-14-16-6-12-19(29-4)13-7-16;/h6-7,12-13,17-18H,5,8-11,14-15H2,1-4H3,(H2,23,24,25);1H. The van der Waals surface area contributed by atoms with E-state index in [4.69, 9.17) is 9.47 Å². The van der Waals surface area contributed by atoms with E-state index in [0.717, 1.165) is 37.0 Å². The van der Waals surface area contributed by atoms with Crippen molar-refractivity contribution in [3.05, 3.63) is 29.8 Å². The topological polar surface area (TPSA) is 92.3 Å². The number of aliphatic imine (C=N–C) groups is 1. The van der Waals surface area contributed by atoms with Gasteiger partial charge in [0.25, 0.3) is 0 Å². The summed E-state index contributed by atoms with van der Waals surface area (Å²) in [5.74, 6) is 1.25. The first kappa shape index (κ1) is 27.0. The van der Waals surface area contributed by atoms with Crippen LogP contribution in [-0.4, -0.2) is 63.1 Å². The Morgan fingerprint density at radius 1 is 1.13 bits per heavy atom. The summed E-state index contributed by atoms with van der Waals surface area (Å²) in [5.41, 5.74) is 1.04. The lowest BCUT2D eigenvalue weighted by atomic mass is 9.86. The van der Waals surface area contributed by atoms with Gasteiger partial charge in [0, 0.05) is 20.1 Å². The maximum absolute atomic E-state index is 12.0. The van der Waals surface area contributed by atoms with Crippen LogP contribution in [0, 0.1) is 5.92 Å². The number of rotatable bonds is 8. The fourth-order valence-electron chi connectivity index (χ4n) is 3.30. The van der Waals surface area contributed by atoms with Gasteiger partial charge in [0.2, 0.25) is 5.91 Å². The Morgan fingerprint density at radius 2 is 1.77 bits per heavy atom. The van der Waals surface area contributed by atoms with Gasteiger partial charge in [-0.25, -0.2) is 4.99 Å². The molecule has 1 amide bonds. The molecule has 2 N–H and O–H groups in total. The van der Waals surface area contributed by atoms with E-state index in [2.05, 4.69) is 15.6 Å². The number of esters is 1. The van der Waals surface area contributed by atoms with Crippen LogP contribution >= 0.6 is 24.0 Å². The normalized spacial score (nSPS) is 18.4. The highest BCUT2D eigenvalue weighted by molar-refractivity contribution is 14.0. The summed E-state index contributed by atoms with van der Waals surface area (Å²) < 4.78 is 10.3. The van der Waals surface area contributed by atoms with Gasteiger partial charge in [0.05, 0.1) is 32.7 Å². The zero-order valence-corrected chi connectivity index (χ0v) is 21.2. The summed E-state index contributed by atoms with van der Waals surface area (Å²) >= 11 is 0. The second-order valence-corrected chi connectivity index (χ2v) is 7.60. The Labute approximate surface area is 202 Å². The van der Waals surface area contributed by atoms with Crippen LogP contribution in [0.15, 0.2) is 29.3 Å². The van der Waals surface area contributed by atoms with Crippen molar-refractivity contribution in [1.82, 2.24) is 15.5 Å². The van der Waals surface area contributed by atoms with Crippen LogP contribution in [0.2, 0.25) is 0 Å². The lowest BCUT2D eigenvalue weighted by Crippen LogP contribution is -2.48. The van der Waals surface area contributed by atoms with Crippen molar-refractivity contribution >= 4 is 41.8 Å². The molecule has 0 aromatic heterocycles. The van der Waals surface area contributed by atoms with E-state index in [9.17, 15) is 9.59 Å². The van der Waals surface area contributed by atoms with E-state index in [0.29, 0.717) is 19.1 Å². The van der Waals surface area contributed by atoms with Crippen molar-refractivity contribution < 1.29 is 19.1 Å². The second kappa shape index (κ2) is 14.1. The molecule has 1 aromatic rings. The highest BCUT2D eigenvalue weighted by Crippen LogP contribution is 2.25. The van der Waals surface area contributed by atoms with Crippen LogP contribution in [0.25, 0.3) is 0 Å². The van der Waals surface area contributed by atoms with Gasteiger partial charge in [0.1, 0.15) is 5.75 Å². The predicted molar refractivity (Wildman–Crippen MR) is 132 cm³/mol. The molecule has 0 unspecified atom stereocenters. The van der Waals surface area contributed by atoms with Crippen LogP contribution in [0.4, 0.5) is 0 Å². The summed E-state index contributed by atoms with van der Waals surface area (Å²) in [7, 11) is 5.09. The number of carbonyl (C=O) groups excluding carboxylic acids is 2. The monoisotopic (exact) mass is 546 g/mol. The van der Waals surface area contributed by atoms with Crippen LogP contribution in [0.5, 0.6) is 5.75 Å². The number of hydrogen-bond acceptors (Lipinski definition) is 5. The molecule has 1 aromatic carbocycles. The van der Waals surface area contributed by atoms with Crippen LogP contribution in [0.1, 0.15) is 38.2 Å². The molecule has 31 heavy (non-hydrogen) atoms. The number of benzene rings is 1. The second-order valence-electron chi connectivity index (χ2n) is 7.60. The van der Waals surface area contributed by atoms with Crippen LogP contribution in [0.3, 0.4) is 0 Å². The van der Waals surface area contributed by atoms with Gasteiger partial charge >= 0.3 is 5.97 Å². The minimum absolute atomic E-state index is 0. The maximum atomic E-state index is 12.0. The van der Waals surface area contributed by atoms with Gasteiger partial charge in [-0.3, -0.25) is 9.59 Å². The highest BCUT2D eigenvalue weighted by atomic mass is 127. The van der Waals surface area contributed by atoms with E-state index in [1.807, 2.05) is 31.2 Å². The molecule has 0 aliphatic heterocycles. The zero-order valence-electron chi connectivity index (χ0n) is 18.8. The van der Waals surface area contributed by atoms with Gasteiger partial charge < -0.3 is 25.0 Å². The van der Waals surface area contributed by atoms with Gasteiger partial charge in [-0.05, 0) is 50.3 Å². The summed E-state index contributed by atoms with van der Waals surface area (Å²) in [4.78, 5) is 30.1. The number of hydrogen-bond donors (Lipinski definition) is 2. The number of nitrogens with one attached hydrogen (secondary N) is 2. The minimum Gasteiger partial charge on any atom is -0.497 e. The molecule has 0 bridgehead atoms. The average molecular weight is 546 g/mol. The fraction of sp³-hybridized carbons (Fsp3) is 0.591.